The van der Waals surface area contributed by atoms with E-state index in [9.17, 15) is 0 Å². The molecule has 3 heterocycles. The number of para-hydroxylation sites is 1. The summed E-state index contributed by atoms with van der Waals surface area (Å²) in [4.78, 5) is 4.72. The van der Waals surface area contributed by atoms with Crippen molar-refractivity contribution < 1.29 is 4.52 Å². The van der Waals surface area contributed by atoms with Gasteiger partial charge in [0.15, 0.2) is 0 Å². The largest absolute Gasteiger partial charge is 0.347 e. The summed E-state index contributed by atoms with van der Waals surface area (Å²) >= 11 is 0. The molecule has 0 amide bonds. The Kier molecular flexibility index (Phi) is 8.76. The van der Waals surface area contributed by atoms with Crippen LogP contribution in [0.4, 0.5) is 0 Å². The molecule has 1 aliphatic rings. The van der Waals surface area contributed by atoms with E-state index in [1.807, 2.05) is 0 Å². The number of fused-ring (bicyclic) bond motifs is 1. The van der Waals surface area contributed by atoms with Gasteiger partial charge in [0.1, 0.15) is 0 Å². The van der Waals surface area contributed by atoms with Crippen molar-refractivity contribution in [2.24, 2.45) is 0 Å². The van der Waals surface area contributed by atoms with E-state index >= 15 is 0 Å². The minimum atomic E-state index is 0. The topological polar surface area (TPSA) is 55.9 Å². The van der Waals surface area contributed by atoms with E-state index in [1.165, 1.54) is 68.7 Å². The average Bonchev–Trinajstić information content (AvgIpc) is 3.49. The lowest BCUT2D eigenvalue weighted by molar-refractivity contribution is 0.345. The molecule has 1 saturated heterocycles. The summed E-state index contributed by atoms with van der Waals surface area (Å²) < 4.78 is 7.95. The van der Waals surface area contributed by atoms with Crippen LogP contribution in [0.25, 0.3) is 22.3 Å². The molecule has 2 aromatic heterocycles. The fraction of sp³-hybridized carbons (Fsp3) is 0.583. The average molecular weight is 431 g/mol. The second-order valence-electron chi connectivity index (χ2n) is 8.33. The van der Waals surface area contributed by atoms with Crippen LogP contribution in [0.2, 0.25) is 0 Å². The van der Waals surface area contributed by atoms with Crippen LogP contribution < -0.4 is 5.32 Å². The Hall–Kier alpha value is -1.85. The molecule has 0 unspecified atom stereocenters. The number of aryl methyl sites for hydroxylation is 1. The van der Waals surface area contributed by atoms with E-state index in [0.717, 1.165) is 31.0 Å². The first kappa shape index (κ1) is 22.8. The number of unbranched alkanes of at least 4 members (excludes halogenated alkanes) is 7. The molecule has 1 aromatic carbocycles. The van der Waals surface area contributed by atoms with Gasteiger partial charge in [0.2, 0.25) is 11.7 Å². The minimum Gasteiger partial charge on any atom is -0.347 e. The quantitative estimate of drug-likeness (QED) is 0.345. The van der Waals surface area contributed by atoms with Crippen LogP contribution >= 0.6 is 12.4 Å². The van der Waals surface area contributed by atoms with Gasteiger partial charge in [-0.1, -0.05) is 75.2 Å². The minimum absolute atomic E-state index is 0. The van der Waals surface area contributed by atoms with Gasteiger partial charge in [-0.05, 0) is 31.9 Å². The second-order valence-corrected chi connectivity index (χ2v) is 8.33. The number of nitrogens with one attached hydrogen (secondary N) is 1. The Morgan fingerprint density at radius 2 is 1.83 bits per heavy atom. The van der Waals surface area contributed by atoms with E-state index < -0.39 is 0 Å². The van der Waals surface area contributed by atoms with Gasteiger partial charge >= 0.3 is 0 Å². The lowest BCUT2D eigenvalue weighted by Gasteiger charge is -2.05. The zero-order valence-corrected chi connectivity index (χ0v) is 18.9. The maximum atomic E-state index is 5.58. The van der Waals surface area contributed by atoms with Crippen molar-refractivity contribution in [2.45, 2.75) is 83.7 Å². The molecule has 5 nitrogen and oxygen atoms in total. The number of benzene rings is 1. The second kappa shape index (κ2) is 11.5. The zero-order chi connectivity index (χ0) is 19.9. The molecule has 3 aromatic rings. The highest BCUT2D eigenvalue weighted by atomic mass is 35.5. The van der Waals surface area contributed by atoms with E-state index in [4.69, 9.17) is 9.51 Å². The highest BCUT2D eigenvalue weighted by molar-refractivity contribution is 5.94. The monoisotopic (exact) mass is 430 g/mol. The van der Waals surface area contributed by atoms with Gasteiger partial charge in [0.05, 0.1) is 6.04 Å². The Morgan fingerprint density at radius 3 is 2.60 bits per heavy atom. The van der Waals surface area contributed by atoms with E-state index in [0.29, 0.717) is 5.82 Å². The number of aromatic nitrogens is 3. The molecule has 1 atom stereocenters. The number of nitrogens with zero attached hydrogens (tertiary/aromatic N) is 3. The summed E-state index contributed by atoms with van der Waals surface area (Å²) in [7, 11) is 0. The van der Waals surface area contributed by atoms with Gasteiger partial charge in [-0.15, -0.1) is 12.4 Å². The van der Waals surface area contributed by atoms with Crippen LogP contribution in [0.15, 0.2) is 35.0 Å². The van der Waals surface area contributed by atoms with E-state index in [-0.39, 0.29) is 18.4 Å². The maximum absolute atomic E-state index is 5.58. The van der Waals surface area contributed by atoms with Crippen LogP contribution in [0.3, 0.4) is 0 Å². The smallest absolute Gasteiger partial charge is 0.244 e. The Bertz CT molecular complexity index is 898. The SMILES string of the molecule is CCCCCCCCCCn1cc(-c2noc([C@@H]3CCCN3)n2)c2ccccc21.Cl. The lowest BCUT2D eigenvalue weighted by atomic mass is 10.1. The third-order valence-electron chi connectivity index (χ3n) is 6.08. The van der Waals surface area contributed by atoms with Crippen LogP contribution in [0.5, 0.6) is 0 Å². The fourth-order valence-electron chi connectivity index (χ4n) is 4.41. The molecule has 0 saturated carbocycles. The summed E-state index contributed by atoms with van der Waals surface area (Å²) in [5, 5.41) is 8.94. The van der Waals surface area contributed by atoms with Crippen molar-refractivity contribution in [3.8, 4) is 11.4 Å². The summed E-state index contributed by atoms with van der Waals surface area (Å²) in [6.07, 6.45) is 15.2. The van der Waals surface area contributed by atoms with Gasteiger partial charge in [-0.3, -0.25) is 0 Å². The molecular weight excluding hydrogens is 396 g/mol. The molecule has 0 spiro atoms. The van der Waals surface area contributed by atoms with Gasteiger partial charge in [0, 0.05) is 29.2 Å². The number of halogens is 1. The summed E-state index contributed by atoms with van der Waals surface area (Å²) in [6, 6.07) is 8.77. The standard InChI is InChI=1S/C24H34N4O.ClH/c1-2-3-4-5-6-7-8-11-17-28-18-20(19-13-9-10-15-22(19)28)23-26-24(29-27-23)21-14-12-16-25-21;/h9-10,13,15,18,21,25H,2-8,11-12,14,16-17H2,1H3;1H/t21-;/m0./s1. The molecular formula is C24H35ClN4O. The lowest BCUT2D eigenvalue weighted by Crippen LogP contribution is -2.12. The third kappa shape index (κ3) is 5.44. The van der Waals surface area contributed by atoms with Crippen molar-refractivity contribution in [1.82, 2.24) is 20.0 Å². The highest BCUT2D eigenvalue weighted by Crippen LogP contribution is 2.31. The summed E-state index contributed by atoms with van der Waals surface area (Å²) in [6.45, 7) is 4.35. The van der Waals surface area contributed by atoms with Crippen LogP contribution in [-0.2, 0) is 6.54 Å². The molecule has 1 fully saturated rings. The van der Waals surface area contributed by atoms with Gasteiger partial charge in [-0.2, -0.15) is 4.98 Å². The van der Waals surface area contributed by atoms with Crippen LogP contribution in [-0.4, -0.2) is 21.3 Å². The van der Waals surface area contributed by atoms with Crippen LogP contribution in [0.1, 0.15) is 83.1 Å². The fourth-order valence-corrected chi connectivity index (χ4v) is 4.41. The molecule has 4 rings (SSSR count). The van der Waals surface area contributed by atoms with E-state index in [2.05, 4.69) is 52.4 Å². The molecule has 1 N–H and O–H groups in total. The van der Waals surface area contributed by atoms with Crippen molar-refractivity contribution in [3.63, 3.8) is 0 Å². The summed E-state index contributed by atoms with van der Waals surface area (Å²) in [5.74, 6) is 1.43. The zero-order valence-electron chi connectivity index (χ0n) is 18.1. The predicted octanol–water partition coefficient (Wildman–Crippen LogP) is 6.68. The molecule has 0 radical (unpaired) electrons. The Morgan fingerprint density at radius 1 is 1.07 bits per heavy atom. The van der Waals surface area contributed by atoms with Crippen molar-refractivity contribution in [1.29, 1.82) is 0 Å². The molecule has 0 bridgehead atoms. The first-order valence-electron chi connectivity index (χ1n) is 11.5. The first-order valence-corrected chi connectivity index (χ1v) is 11.5. The third-order valence-corrected chi connectivity index (χ3v) is 6.08. The van der Waals surface area contributed by atoms with Gasteiger partial charge in [0.25, 0.3) is 0 Å². The highest BCUT2D eigenvalue weighted by Gasteiger charge is 2.23. The first-order chi connectivity index (χ1) is 14.4. The predicted molar refractivity (Wildman–Crippen MR) is 125 cm³/mol. The van der Waals surface area contributed by atoms with Crippen molar-refractivity contribution in [2.75, 3.05) is 6.54 Å². The maximum Gasteiger partial charge on any atom is 0.244 e. The number of rotatable bonds is 11. The van der Waals surface area contributed by atoms with E-state index in [1.54, 1.807) is 0 Å². The molecule has 0 aliphatic carbocycles. The molecule has 164 valence electrons. The van der Waals surface area contributed by atoms with Gasteiger partial charge < -0.3 is 14.4 Å². The van der Waals surface area contributed by atoms with Crippen molar-refractivity contribution >= 4 is 23.3 Å². The van der Waals surface area contributed by atoms with Gasteiger partial charge in [-0.25, -0.2) is 0 Å². The Labute approximate surface area is 186 Å². The molecule has 1 aliphatic heterocycles. The Balaban J connectivity index is 0.00000256. The number of hydrogen-bond acceptors (Lipinski definition) is 4. The normalized spacial score (nSPS) is 16.2. The number of hydrogen-bond donors (Lipinski definition) is 1. The van der Waals surface area contributed by atoms with Crippen LogP contribution in [0, 0.1) is 0 Å². The molecule has 30 heavy (non-hydrogen) atoms. The summed E-state index contributed by atoms with van der Waals surface area (Å²) in [5.41, 5.74) is 2.34. The van der Waals surface area contributed by atoms with Crippen molar-refractivity contribution in [3.05, 3.63) is 36.4 Å². The molecule has 6 heteroatoms.